The van der Waals surface area contributed by atoms with Crippen molar-refractivity contribution in [2.45, 2.75) is 36.5 Å². The molecule has 0 aliphatic heterocycles. The highest BCUT2D eigenvalue weighted by Crippen LogP contribution is 2.21. The minimum Gasteiger partial charge on any atom is -0.368 e. The number of nitrogens with two attached hydrogens (primary N) is 1. The second-order valence-corrected chi connectivity index (χ2v) is 5.01. The number of aromatic nitrogens is 2. The number of hydrogen-bond acceptors (Lipinski definition) is 4. The second kappa shape index (κ2) is 5.36. The molecule has 1 saturated carbocycles. The number of nitrogens with zero attached hydrogens (tertiary/aromatic N) is 1. The fourth-order valence-electron chi connectivity index (χ4n) is 1.45. The number of carbonyl (C=O) groups is 1. The van der Waals surface area contributed by atoms with Crippen molar-refractivity contribution in [3.05, 3.63) is 12.4 Å². The summed E-state index contributed by atoms with van der Waals surface area (Å²) in [5, 5.41) is 4.14. The van der Waals surface area contributed by atoms with E-state index in [2.05, 4.69) is 15.3 Å². The lowest BCUT2D eigenvalue weighted by Crippen LogP contribution is -2.42. The van der Waals surface area contributed by atoms with E-state index in [0.717, 1.165) is 30.2 Å². The molecule has 4 N–H and O–H groups in total. The zero-order valence-electron chi connectivity index (χ0n) is 8.98. The SMILES string of the molecule is NC(=O)C(CCSc1ncc[nH]1)NC1CC1. The van der Waals surface area contributed by atoms with Gasteiger partial charge in [0.1, 0.15) is 0 Å². The van der Waals surface area contributed by atoms with E-state index in [1.165, 1.54) is 0 Å². The molecule has 0 bridgehead atoms. The predicted octanol–water partition coefficient (Wildman–Crippen LogP) is 0.498. The number of carbonyl (C=O) groups excluding carboxylic acids is 1. The second-order valence-electron chi connectivity index (χ2n) is 3.93. The van der Waals surface area contributed by atoms with Crippen molar-refractivity contribution in [3.63, 3.8) is 0 Å². The highest BCUT2D eigenvalue weighted by Gasteiger charge is 2.26. The van der Waals surface area contributed by atoms with E-state index in [1.54, 1.807) is 24.2 Å². The van der Waals surface area contributed by atoms with Gasteiger partial charge in [-0.25, -0.2) is 4.98 Å². The molecule has 1 amide bonds. The van der Waals surface area contributed by atoms with Crippen LogP contribution in [-0.2, 0) is 4.79 Å². The Labute approximate surface area is 98.6 Å². The molecule has 1 aliphatic rings. The van der Waals surface area contributed by atoms with Gasteiger partial charge in [0.25, 0.3) is 0 Å². The number of aromatic amines is 1. The quantitative estimate of drug-likeness (QED) is 0.606. The Hall–Kier alpha value is -1.01. The fraction of sp³-hybridized carbons (Fsp3) is 0.600. The lowest BCUT2D eigenvalue weighted by molar-refractivity contribution is -0.120. The smallest absolute Gasteiger partial charge is 0.234 e. The first-order chi connectivity index (χ1) is 7.75. The molecule has 1 atom stereocenters. The molecule has 1 heterocycles. The van der Waals surface area contributed by atoms with E-state index < -0.39 is 0 Å². The van der Waals surface area contributed by atoms with Crippen LogP contribution in [0.25, 0.3) is 0 Å². The third-order valence-corrected chi connectivity index (χ3v) is 3.41. The fourth-order valence-corrected chi connectivity index (χ4v) is 2.28. The van der Waals surface area contributed by atoms with E-state index in [1.807, 2.05) is 0 Å². The molecule has 16 heavy (non-hydrogen) atoms. The summed E-state index contributed by atoms with van der Waals surface area (Å²) in [6, 6.07) is 0.307. The summed E-state index contributed by atoms with van der Waals surface area (Å²) in [5.41, 5.74) is 5.34. The third-order valence-electron chi connectivity index (χ3n) is 2.48. The van der Waals surface area contributed by atoms with Crippen molar-refractivity contribution < 1.29 is 4.79 Å². The van der Waals surface area contributed by atoms with Crippen molar-refractivity contribution in [1.82, 2.24) is 15.3 Å². The van der Waals surface area contributed by atoms with Crippen LogP contribution < -0.4 is 11.1 Å². The first kappa shape index (κ1) is 11.5. The molecule has 5 nitrogen and oxygen atoms in total. The topological polar surface area (TPSA) is 83.8 Å². The van der Waals surface area contributed by atoms with Crippen molar-refractivity contribution in [3.8, 4) is 0 Å². The van der Waals surface area contributed by atoms with Gasteiger partial charge in [-0.1, -0.05) is 11.8 Å². The molecule has 0 saturated heterocycles. The monoisotopic (exact) mass is 240 g/mol. The number of hydrogen-bond donors (Lipinski definition) is 3. The van der Waals surface area contributed by atoms with E-state index in [-0.39, 0.29) is 11.9 Å². The van der Waals surface area contributed by atoms with Gasteiger partial charge in [0.05, 0.1) is 6.04 Å². The summed E-state index contributed by atoms with van der Waals surface area (Å²) < 4.78 is 0. The van der Waals surface area contributed by atoms with Gasteiger partial charge in [-0.3, -0.25) is 4.79 Å². The van der Waals surface area contributed by atoms with Gasteiger partial charge in [0, 0.05) is 24.2 Å². The van der Waals surface area contributed by atoms with Crippen LogP contribution in [0.15, 0.2) is 17.6 Å². The summed E-state index contributed by atoms with van der Waals surface area (Å²) >= 11 is 1.61. The van der Waals surface area contributed by atoms with Crippen molar-refractivity contribution >= 4 is 17.7 Å². The molecular weight excluding hydrogens is 224 g/mol. The molecule has 1 aliphatic carbocycles. The van der Waals surface area contributed by atoms with Gasteiger partial charge < -0.3 is 16.0 Å². The zero-order chi connectivity index (χ0) is 11.4. The molecule has 1 aromatic heterocycles. The Balaban J connectivity index is 1.70. The Morgan fingerprint density at radius 2 is 2.56 bits per heavy atom. The van der Waals surface area contributed by atoms with Crippen LogP contribution in [0.4, 0.5) is 0 Å². The standard InChI is InChI=1S/C10H16N4OS/c11-9(15)8(14-7-1-2-7)3-6-16-10-12-4-5-13-10/h4-5,7-8,14H,1-3,6H2,(H2,11,15)(H,12,13). The van der Waals surface area contributed by atoms with Crippen LogP contribution in [0.1, 0.15) is 19.3 Å². The lowest BCUT2D eigenvalue weighted by Gasteiger charge is -2.13. The van der Waals surface area contributed by atoms with Crippen LogP contribution in [-0.4, -0.2) is 33.7 Å². The molecule has 1 fully saturated rings. The Morgan fingerprint density at radius 1 is 1.75 bits per heavy atom. The molecule has 1 unspecified atom stereocenters. The van der Waals surface area contributed by atoms with Crippen molar-refractivity contribution in [2.75, 3.05) is 5.75 Å². The first-order valence-electron chi connectivity index (χ1n) is 5.43. The van der Waals surface area contributed by atoms with E-state index in [4.69, 9.17) is 5.73 Å². The van der Waals surface area contributed by atoms with Gasteiger partial charge in [0.2, 0.25) is 5.91 Å². The van der Waals surface area contributed by atoms with Gasteiger partial charge >= 0.3 is 0 Å². The van der Waals surface area contributed by atoms with E-state index >= 15 is 0 Å². The number of primary amides is 1. The normalized spacial score (nSPS) is 17.2. The highest BCUT2D eigenvalue weighted by atomic mass is 32.2. The largest absolute Gasteiger partial charge is 0.368 e. The Kier molecular flexibility index (Phi) is 3.84. The Morgan fingerprint density at radius 3 is 3.12 bits per heavy atom. The molecule has 88 valence electrons. The van der Waals surface area contributed by atoms with Crippen LogP contribution in [0.3, 0.4) is 0 Å². The number of amides is 1. The van der Waals surface area contributed by atoms with Crippen LogP contribution >= 0.6 is 11.8 Å². The van der Waals surface area contributed by atoms with Crippen molar-refractivity contribution in [1.29, 1.82) is 0 Å². The van der Waals surface area contributed by atoms with E-state index in [9.17, 15) is 4.79 Å². The maximum absolute atomic E-state index is 11.2. The molecule has 0 radical (unpaired) electrons. The number of H-pyrrole nitrogens is 1. The summed E-state index contributed by atoms with van der Waals surface area (Å²) in [7, 11) is 0. The van der Waals surface area contributed by atoms with Gasteiger partial charge in [-0.15, -0.1) is 0 Å². The maximum atomic E-state index is 11.2. The Bertz CT molecular complexity index is 337. The average Bonchev–Trinajstić information content (AvgIpc) is 2.91. The zero-order valence-corrected chi connectivity index (χ0v) is 9.80. The molecule has 1 aromatic rings. The maximum Gasteiger partial charge on any atom is 0.234 e. The number of thioether (sulfide) groups is 1. The molecule has 6 heteroatoms. The summed E-state index contributed by atoms with van der Waals surface area (Å²) in [5.74, 6) is 0.577. The first-order valence-corrected chi connectivity index (χ1v) is 6.42. The predicted molar refractivity (Wildman–Crippen MR) is 63.1 cm³/mol. The number of rotatable bonds is 7. The van der Waals surface area contributed by atoms with Crippen LogP contribution in [0, 0.1) is 0 Å². The minimum absolute atomic E-state index is 0.199. The number of imidazole rings is 1. The third kappa shape index (κ3) is 3.53. The lowest BCUT2D eigenvalue weighted by atomic mass is 10.2. The minimum atomic E-state index is -0.257. The van der Waals surface area contributed by atoms with Gasteiger partial charge in [0.15, 0.2) is 5.16 Å². The van der Waals surface area contributed by atoms with Crippen molar-refractivity contribution in [2.24, 2.45) is 5.73 Å². The number of nitrogens with one attached hydrogen (secondary N) is 2. The highest BCUT2D eigenvalue weighted by molar-refractivity contribution is 7.99. The molecule has 0 spiro atoms. The van der Waals surface area contributed by atoms with Crippen LogP contribution in [0.5, 0.6) is 0 Å². The van der Waals surface area contributed by atoms with Crippen LogP contribution in [0.2, 0.25) is 0 Å². The van der Waals surface area contributed by atoms with Gasteiger partial charge in [-0.05, 0) is 19.3 Å². The molecule has 0 aromatic carbocycles. The summed E-state index contributed by atoms with van der Waals surface area (Å²) in [6.45, 7) is 0. The van der Waals surface area contributed by atoms with Gasteiger partial charge in [-0.2, -0.15) is 0 Å². The summed E-state index contributed by atoms with van der Waals surface area (Å²) in [4.78, 5) is 18.3. The molecule has 2 rings (SSSR count). The molecular formula is C10H16N4OS. The summed E-state index contributed by atoms with van der Waals surface area (Å²) in [6.07, 6.45) is 6.58. The van der Waals surface area contributed by atoms with E-state index in [0.29, 0.717) is 6.04 Å². The average molecular weight is 240 g/mol.